The molecule has 0 aliphatic heterocycles. The molecule has 2 aromatic rings. The highest BCUT2D eigenvalue weighted by Gasteiger charge is 2.34. The van der Waals surface area contributed by atoms with Gasteiger partial charge in [0.05, 0.1) is 22.3 Å². The molecule has 6 heteroatoms. The maximum absolute atomic E-state index is 12.5. The monoisotopic (exact) mass is 362 g/mol. The van der Waals surface area contributed by atoms with Crippen molar-refractivity contribution in [3.63, 3.8) is 0 Å². The maximum atomic E-state index is 12.5. The minimum atomic E-state index is -0.533. The highest BCUT2D eigenvalue weighted by molar-refractivity contribution is 7.11. The molecule has 0 saturated carbocycles. The standard InChI is InChI=1S/C18H18O4S2/c1-3-22-18(21)13-9-11(16-14(19)4-6-23-16)10(2)8-12(13)17-15(20)5-7-24-17/h4-9,12-13,19-20H,3H2,1-2H3. The summed E-state index contributed by atoms with van der Waals surface area (Å²) in [6.07, 6.45) is 3.82. The van der Waals surface area contributed by atoms with Crippen LogP contribution < -0.4 is 0 Å². The molecule has 3 rings (SSSR count). The van der Waals surface area contributed by atoms with Crippen molar-refractivity contribution in [2.75, 3.05) is 6.61 Å². The van der Waals surface area contributed by atoms with Gasteiger partial charge in [-0.2, -0.15) is 0 Å². The Morgan fingerprint density at radius 3 is 2.46 bits per heavy atom. The molecule has 2 N–H and O–H groups in total. The van der Waals surface area contributed by atoms with Crippen molar-refractivity contribution >= 4 is 34.2 Å². The molecule has 2 unspecified atom stereocenters. The van der Waals surface area contributed by atoms with E-state index in [0.717, 1.165) is 20.9 Å². The molecule has 0 fully saturated rings. The number of carbonyl (C=O) groups is 1. The molecule has 126 valence electrons. The molecule has 0 saturated heterocycles. The van der Waals surface area contributed by atoms with Crippen LogP contribution in [0.1, 0.15) is 29.5 Å². The van der Waals surface area contributed by atoms with Crippen LogP contribution in [0.15, 0.2) is 40.6 Å². The predicted molar refractivity (Wildman–Crippen MR) is 96.6 cm³/mol. The molecule has 0 aromatic carbocycles. The first kappa shape index (κ1) is 16.8. The van der Waals surface area contributed by atoms with E-state index in [1.807, 2.05) is 24.5 Å². The molecule has 0 spiro atoms. The summed E-state index contributed by atoms with van der Waals surface area (Å²) in [6.45, 7) is 4.02. The van der Waals surface area contributed by atoms with E-state index in [9.17, 15) is 15.0 Å². The molecular formula is C18H18O4S2. The Bertz CT molecular complexity index is 813. The number of allylic oxidation sites excluding steroid dienone is 3. The van der Waals surface area contributed by atoms with Crippen molar-refractivity contribution < 1.29 is 19.7 Å². The topological polar surface area (TPSA) is 66.8 Å². The first-order chi connectivity index (χ1) is 11.5. The van der Waals surface area contributed by atoms with Crippen LogP contribution in [0.3, 0.4) is 0 Å². The highest BCUT2D eigenvalue weighted by atomic mass is 32.1. The van der Waals surface area contributed by atoms with Crippen LogP contribution in [0.5, 0.6) is 11.5 Å². The lowest BCUT2D eigenvalue weighted by Crippen LogP contribution is -2.24. The van der Waals surface area contributed by atoms with Gasteiger partial charge in [-0.3, -0.25) is 4.79 Å². The molecule has 1 aliphatic rings. The zero-order chi connectivity index (χ0) is 17.3. The molecule has 4 nitrogen and oxygen atoms in total. The lowest BCUT2D eigenvalue weighted by Gasteiger charge is -2.26. The average molecular weight is 362 g/mol. The Kier molecular flexibility index (Phi) is 4.78. The van der Waals surface area contributed by atoms with Gasteiger partial charge in [0.15, 0.2) is 0 Å². The minimum absolute atomic E-state index is 0.194. The molecule has 2 atom stereocenters. The molecular weight excluding hydrogens is 344 g/mol. The molecule has 0 amide bonds. The Labute approximate surface area is 148 Å². The average Bonchev–Trinajstić information content (AvgIpc) is 3.15. The van der Waals surface area contributed by atoms with Crippen molar-refractivity contribution in [2.24, 2.45) is 5.92 Å². The van der Waals surface area contributed by atoms with Crippen LogP contribution in [-0.2, 0) is 9.53 Å². The van der Waals surface area contributed by atoms with Gasteiger partial charge in [0.2, 0.25) is 0 Å². The van der Waals surface area contributed by atoms with E-state index in [1.54, 1.807) is 24.4 Å². The van der Waals surface area contributed by atoms with Gasteiger partial charge in [-0.25, -0.2) is 0 Å². The molecule has 1 aliphatic carbocycles. The van der Waals surface area contributed by atoms with Gasteiger partial charge in [0.25, 0.3) is 0 Å². The number of hydrogen-bond acceptors (Lipinski definition) is 6. The smallest absolute Gasteiger partial charge is 0.313 e. The lowest BCUT2D eigenvalue weighted by molar-refractivity contribution is -0.146. The van der Waals surface area contributed by atoms with Crippen LogP contribution in [0.4, 0.5) is 0 Å². The first-order valence-corrected chi connectivity index (χ1v) is 9.39. The van der Waals surface area contributed by atoms with Crippen LogP contribution in [0.25, 0.3) is 5.57 Å². The minimum Gasteiger partial charge on any atom is -0.507 e. The van der Waals surface area contributed by atoms with Crippen LogP contribution in [-0.4, -0.2) is 22.8 Å². The second kappa shape index (κ2) is 6.83. The van der Waals surface area contributed by atoms with Gasteiger partial charge in [-0.1, -0.05) is 12.2 Å². The second-order valence-electron chi connectivity index (χ2n) is 5.54. The Balaban J connectivity index is 2.06. The molecule has 0 bridgehead atoms. The van der Waals surface area contributed by atoms with Crippen molar-refractivity contribution in [1.29, 1.82) is 0 Å². The molecule has 24 heavy (non-hydrogen) atoms. The second-order valence-corrected chi connectivity index (χ2v) is 7.40. The van der Waals surface area contributed by atoms with Gasteiger partial charge >= 0.3 is 5.97 Å². The van der Waals surface area contributed by atoms with E-state index >= 15 is 0 Å². The van der Waals surface area contributed by atoms with Crippen LogP contribution in [0, 0.1) is 5.92 Å². The van der Waals surface area contributed by atoms with Crippen molar-refractivity contribution in [2.45, 2.75) is 19.8 Å². The number of ether oxygens (including phenoxy) is 1. The largest absolute Gasteiger partial charge is 0.507 e. The third-order valence-electron chi connectivity index (χ3n) is 4.01. The normalized spacial score (nSPS) is 20.4. The summed E-state index contributed by atoms with van der Waals surface area (Å²) in [4.78, 5) is 14.0. The zero-order valence-corrected chi connectivity index (χ0v) is 15.0. The van der Waals surface area contributed by atoms with E-state index in [2.05, 4.69) is 0 Å². The summed E-state index contributed by atoms with van der Waals surface area (Å²) >= 11 is 2.85. The fraction of sp³-hybridized carbons (Fsp3) is 0.278. The summed E-state index contributed by atoms with van der Waals surface area (Å²) in [6, 6.07) is 3.28. The fourth-order valence-electron chi connectivity index (χ4n) is 2.89. The maximum Gasteiger partial charge on any atom is 0.313 e. The van der Waals surface area contributed by atoms with Crippen LogP contribution >= 0.6 is 22.7 Å². The summed E-state index contributed by atoms with van der Waals surface area (Å²) < 4.78 is 5.23. The van der Waals surface area contributed by atoms with E-state index in [0.29, 0.717) is 6.61 Å². The fourth-order valence-corrected chi connectivity index (χ4v) is 4.67. The van der Waals surface area contributed by atoms with Gasteiger partial charge in [0.1, 0.15) is 11.5 Å². The summed E-state index contributed by atoms with van der Waals surface area (Å²) in [7, 11) is 0. The molecule has 2 aromatic heterocycles. The predicted octanol–water partition coefficient (Wildman–Crippen LogP) is 4.53. The van der Waals surface area contributed by atoms with Gasteiger partial charge < -0.3 is 14.9 Å². The Hall–Kier alpha value is -2.05. The van der Waals surface area contributed by atoms with E-state index in [1.165, 1.54) is 22.7 Å². The summed E-state index contributed by atoms with van der Waals surface area (Å²) in [5.41, 5.74) is 1.80. The Morgan fingerprint density at radius 2 is 1.88 bits per heavy atom. The number of carbonyl (C=O) groups excluding carboxylic acids is 1. The summed E-state index contributed by atoms with van der Waals surface area (Å²) in [5, 5.41) is 23.7. The van der Waals surface area contributed by atoms with Gasteiger partial charge in [-0.15, -0.1) is 22.7 Å². The first-order valence-electron chi connectivity index (χ1n) is 7.63. The van der Waals surface area contributed by atoms with E-state index in [-0.39, 0.29) is 23.4 Å². The third kappa shape index (κ3) is 2.99. The van der Waals surface area contributed by atoms with Crippen LogP contribution in [0.2, 0.25) is 0 Å². The SMILES string of the molecule is CCOC(=O)C1C=C(c2sccc2O)C(C)=CC1c1sccc1O. The van der Waals surface area contributed by atoms with Crippen molar-refractivity contribution in [3.05, 3.63) is 50.4 Å². The quantitative estimate of drug-likeness (QED) is 0.785. The molecule has 2 heterocycles. The Morgan fingerprint density at radius 1 is 1.17 bits per heavy atom. The van der Waals surface area contributed by atoms with Gasteiger partial charge in [-0.05, 0) is 47.9 Å². The summed E-state index contributed by atoms with van der Waals surface area (Å²) in [5.74, 6) is -0.726. The zero-order valence-electron chi connectivity index (χ0n) is 13.4. The number of thiophene rings is 2. The van der Waals surface area contributed by atoms with E-state index < -0.39 is 5.92 Å². The van der Waals surface area contributed by atoms with Crippen molar-refractivity contribution in [3.8, 4) is 11.5 Å². The number of hydrogen-bond donors (Lipinski definition) is 2. The highest BCUT2D eigenvalue weighted by Crippen LogP contribution is 2.46. The number of rotatable bonds is 4. The lowest BCUT2D eigenvalue weighted by atomic mass is 9.81. The third-order valence-corrected chi connectivity index (χ3v) is 5.96. The van der Waals surface area contributed by atoms with E-state index in [4.69, 9.17) is 4.74 Å². The van der Waals surface area contributed by atoms with Crippen molar-refractivity contribution in [1.82, 2.24) is 0 Å². The molecule has 0 radical (unpaired) electrons. The van der Waals surface area contributed by atoms with Gasteiger partial charge in [0, 0.05) is 5.92 Å². The number of aromatic hydroxyl groups is 2. The number of esters is 1.